The van der Waals surface area contributed by atoms with Crippen molar-refractivity contribution in [1.82, 2.24) is 19.3 Å². The van der Waals surface area contributed by atoms with Crippen molar-refractivity contribution in [2.24, 2.45) is 0 Å². The highest BCUT2D eigenvalue weighted by Gasteiger charge is 2.14. The summed E-state index contributed by atoms with van der Waals surface area (Å²) in [6.07, 6.45) is 0. The van der Waals surface area contributed by atoms with Crippen LogP contribution in [0.5, 0.6) is 0 Å². The number of sulfonamides is 1. The number of rotatable bonds is 4. The molecule has 8 heteroatoms. The van der Waals surface area contributed by atoms with Crippen LogP contribution in [0.2, 0.25) is 0 Å². The van der Waals surface area contributed by atoms with E-state index in [2.05, 4.69) is 14.8 Å². The first-order valence-corrected chi connectivity index (χ1v) is 7.69. The molecule has 0 saturated carbocycles. The van der Waals surface area contributed by atoms with E-state index in [0.717, 1.165) is 21.4 Å². The maximum atomic E-state index is 11.4. The van der Waals surface area contributed by atoms with Crippen LogP contribution in [0.1, 0.15) is 23.3 Å². The highest BCUT2D eigenvalue weighted by molar-refractivity contribution is 7.89. The van der Waals surface area contributed by atoms with Crippen LogP contribution in [0.15, 0.2) is 0 Å². The Labute approximate surface area is 104 Å². The number of nitrogens with one attached hydrogen (secondary N) is 1. The molecular weight excluding hydrogens is 260 g/mol. The first kappa shape index (κ1) is 12.5. The fourth-order valence-electron chi connectivity index (χ4n) is 1.47. The van der Waals surface area contributed by atoms with Gasteiger partial charge in [0.1, 0.15) is 5.01 Å². The lowest BCUT2D eigenvalue weighted by molar-refractivity contribution is 0.580. The van der Waals surface area contributed by atoms with Crippen molar-refractivity contribution in [3.05, 3.63) is 16.4 Å². The van der Waals surface area contributed by atoms with Gasteiger partial charge in [0.25, 0.3) is 0 Å². The summed E-state index contributed by atoms with van der Waals surface area (Å²) in [6.45, 7) is 5.58. The molecule has 0 atom stereocenters. The lowest BCUT2D eigenvalue weighted by Crippen LogP contribution is -2.25. The number of aryl methyl sites for hydroxylation is 2. The third kappa shape index (κ3) is 2.48. The molecule has 17 heavy (non-hydrogen) atoms. The summed E-state index contributed by atoms with van der Waals surface area (Å²) in [4.78, 5) is 5.14. The van der Waals surface area contributed by atoms with Crippen molar-refractivity contribution in [1.29, 1.82) is 0 Å². The van der Waals surface area contributed by atoms with E-state index in [9.17, 15) is 8.42 Å². The van der Waals surface area contributed by atoms with E-state index in [0.29, 0.717) is 0 Å². The number of aromatic nitrogens is 3. The van der Waals surface area contributed by atoms with E-state index in [1.54, 1.807) is 11.4 Å². The Hall–Kier alpha value is -0.990. The predicted octanol–water partition coefficient (Wildman–Crippen LogP) is 0.847. The van der Waals surface area contributed by atoms with Gasteiger partial charge in [-0.15, -0.1) is 0 Å². The van der Waals surface area contributed by atoms with Gasteiger partial charge in [0, 0.05) is 0 Å². The van der Waals surface area contributed by atoms with Crippen LogP contribution in [0.3, 0.4) is 0 Å². The standard InChI is InChI=1S/C9H14N4O2S2/c1-4-17(14,15)10-5-8-6(2)11-9-13(8)12-7(3)16-9/h10H,4-5H2,1-3H3. The molecule has 0 aromatic carbocycles. The zero-order valence-electron chi connectivity index (χ0n) is 9.89. The Morgan fingerprint density at radius 2 is 2.12 bits per heavy atom. The van der Waals surface area contributed by atoms with E-state index in [1.807, 2.05) is 13.8 Å². The van der Waals surface area contributed by atoms with Gasteiger partial charge in [0.05, 0.1) is 23.7 Å². The Balaban J connectivity index is 2.32. The largest absolute Gasteiger partial charge is 0.223 e. The summed E-state index contributed by atoms with van der Waals surface area (Å²) in [6, 6.07) is 0. The summed E-state index contributed by atoms with van der Waals surface area (Å²) in [5.41, 5.74) is 1.60. The van der Waals surface area contributed by atoms with Crippen molar-refractivity contribution in [2.75, 3.05) is 5.75 Å². The number of fused-ring (bicyclic) bond motifs is 1. The van der Waals surface area contributed by atoms with E-state index in [1.165, 1.54) is 11.3 Å². The highest BCUT2D eigenvalue weighted by atomic mass is 32.2. The maximum Gasteiger partial charge on any atom is 0.212 e. The number of imidazole rings is 1. The van der Waals surface area contributed by atoms with Gasteiger partial charge in [-0.2, -0.15) is 5.10 Å². The van der Waals surface area contributed by atoms with Crippen molar-refractivity contribution in [2.45, 2.75) is 27.3 Å². The van der Waals surface area contributed by atoms with Crippen LogP contribution in [-0.4, -0.2) is 28.8 Å². The van der Waals surface area contributed by atoms with Gasteiger partial charge in [0.2, 0.25) is 15.0 Å². The molecule has 0 aliphatic heterocycles. The second-order valence-corrected chi connectivity index (χ2v) is 6.94. The summed E-state index contributed by atoms with van der Waals surface area (Å²) in [7, 11) is -3.19. The van der Waals surface area contributed by atoms with Crippen LogP contribution >= 0.6 is 11.3 Å². The molecule has 2 aromatic rings. The van der Waals surface area contributed by atoms with Crippen LogP contribution in [0.4, 0.5) is 0 Å². The highest BCUT2D eigenvalue weighted by Crippen LogP contribution is 2.17. The van der Waals surface area contributed by atoms with E-state index < -0.39 is 10.0 Å². The van der Waals surface area contributed by atoms with Gasteiger partial charge in [0.15, 0.2) is 0 Å². The van der Waals surface area contributed by atoms with Crippen LogP contribution in [-0.2, 0) is 16.6 Å². The zero-order chi connectivity index (χ0) is 12.6. The van der Waals surface area contributed by atoms with Crippen molar-refractivity contribution in [3.8, 4) is 0 Å². The molecule has 2 heterocycles. The SMILES string of the molecule is CCS(=O)(=O)NCc1c(C)nc2sc(C)nn12. The first-order chi connectivity index (χ1) is 7.93. The molecular formula is C9H14N4O2S2. The van der Waals surface area contributed by atoms with Crippen LogP contribution in [0.25, 0.3) is 4.96 Å². The van der Waals surface area contributed by atoms with E-state index in [4.69, 9.17) is 0 Å². The number of hydrogen-bond donors (Lipinski definition) is 1. The molecule has 1 N–H and O–H groups in total. The fourth-order valence-corrected chi connectivity index (χ4v) is 2.84. The Morgan fingerprint density at radius 1 is 1.41 bits per heavy atom. The van der Waals surface area contributed by atoms with Crippen molar-refractivity contribution >= 4 is 26.3 Å². The van der Waals surface area contributed by atoms with Gasteiger partial charge in [-0.25, -0.2) is 22.6 Å². The topological polar surface area (TPSA) is 76.4 Å². The Bertz CT molecular complexity index is 641. The third-order valence-electron chi connectivity index (χ3n) is 2.44. The summed E-state index contributed by atoms with van der Waals surface area (Å²) in [5.74, 6) is 0.0735. The van der Waals surface area contributed by atoms with Gasteiger partial charge in [-0.05, 0) is 20.8 Å². The van der Waals surface area contributed by atoms with Gasteiger partial charge in [-0.1, -0.05) is 11.3 Å². The van der Waals surface area contributed by atoms with E-state index in [-0.39, 0.29) is 12.3 Å². The molecule has 6 nitrogen and oxygen atoms in total. The second kappa shape index (κ2) is 4.35. The van der Waals surface area contributed by atoms with Crippen molar-refractivity contribution < 1.29 is 8.42 Å². The van der Waals surface area contributed by atoms with Gasteiger partial charge < -0.3 is 0 Å². The molecule has 0 bridgehead atoms. The Morgan fingerprint density at radius 3 is 2.76 bits per heavy atom. The van der Waals surface area contributed by atoms with Crippen LogP contribution < -0.4 is 4.72 Å². The zero-order valence-corrected chi connectivity index (χ0v) is 11.5. The van der Waals surface area contributed by atoms with Gasteiger partial charge >= 0.3 is 0 Å². The molecule has 94 valence electrons. The molecule has 0 spiro atoms. The molecule has 0 amide bonds. The summed E-state index contributed by atoms with van der Waals surface area (Å²) in [5, 5.41) is 5.21. The molecule has 0 fully saturated rings. The second-order valence-electron chi connectivity index (χ2n) is 3.68. The average molecular weight is 274 g/mol. The predicted molar refractivity (Wildman–Crippen MR) is 66.6 cm³/mol. The molecule has 2 rings (SSSR count). The number of nitrogens with zero attached hydrogens (tertiary/aromatic N) is 3. The van der Waals surface area contributed by atoms with E-state index >= 15 is 0 Å². The monoisotopic (exact) mass is 274 g/mol. The average Bonchev–Trinajstić information content (AvgIpc) is 2.71. The van der Waals surface area contributed by atoms with Crippen molar-refractivity contribution in [3.63, 3.8) is 0 Å². The van der Waals surface area contributed by atoms with Crippen LogP contribution in [0, 0.1) is 13.8 Å². The molecule has 2 aromatic heterocycles. The Kier molecular flexibility index (Phi) is 3.19. The number of hydrogen-bond acceptors (Lipinski definition) is 5. The smallest absolute Gasteiger partial charge is 0.212 e. The molecule has 0 aliphatic carbocycles. The summed E-state index contributed by atoms with van der Waals surface area (Å²) < 4.78 is 27.0. The maximum absolute atomic E-state index is 11.4. The lowest BCUT2D eigenvalue weighted by Gasteiger charge is -2.03. The van der Waals surface area contributed by atoms with Gasteiger partial charge in [-0.3, -0.25) is 0 Å². The normalized spacial score (nSPS) is 12.4. The third-order valence-corrected chi connectivity index (χ3v) is 4.61. The quantitative estimate of drug-likeness (QED) is 0.896. The lowest BCUT2D eigenvalue weighted by atomic mass is 10.3. The minimum atomic E-state index is -3.19. The molecule has 0 saturated heterocycles. The molecule has 0 unspecified atom stereocenters. The first-order valence-electron chi connectivity index (χ1n) is 5.22. The minimum absolute atomic E-state index is 0.0735. The fraction of sp³-hybridized carbons (Fsp3) is 0.556. The minimum Gasteiger partial charge on any atom is -0.223 e. The molecule has 0 aliphatic rings. The molecule has 0 radical (unpaired) electrons. The summed E-state index contributed by atoms with van der Waals surface area (Å²) >= 11 is 1.49.